The Morgan fingerprint density at radius 3 is 2.38 bits per heavy atom. The normalized spacial score (nSPS) is 23.6. The van der Waals surface area contributed by atoms with Crippen molar-refractivity contribution in [2.45, 2.75) is 24.3 Å². The van der Waals surface area contributed by atoms with Crippen molar-refractivity contribution < 1.29 is 0 Å². The van der Waals surface area contributed by atoms with Crippen LogP contribution in [0.5, 0.6) is 0 Å². The van der Waals surface area contributed by atoms with E-state index in [0.29, 0.717) is 0 Å². The van der Waals surface area contributed by atoms with E-state index in [2.05, 4.69) is 30.4 Å². The fraction of sp³-hybridized carbons (Fsp3) is 1.00. The topological polar surface area (TPSA) is 0 Å². The van der Waals surface area contributed by atoms with E-state index in [4.69, 9.17) is 0 Å². The number of thioether (sulfide) groups is 2. The average molecular weight is 148 g/mol. The maximum absolute atomic E-state index is 2.27. The molecule has 48 valence electrons. The van der Waals surface area contributed by atoms with E-state index in [1.54, 1.807) is 0 Å². The van der Waals surface area contributed by atoms with Crippen LogP contribution in [0.15, 0.2) is 0 Å². The van der Waals surface area contributed by atoms with Gasteiger partial charge in [-0.25, -0.2) is 0 Å². The molecule has 0 unspecified atom stereocenters. The highest BCUT2D eigenvalue weighted by Crippen LogP contribution is 2.32. The summed E-state index contributed by atoms with van der Waals surface area (Å²) in [6.45, 7) is 2.27. The molecular formula is C6H12S2. The summed E-state index contributed by atoms with van der Waals surface area (Å²) in [6, 6.07) is 0. The lowest BCUT2D eigenvalue weighted by Gasteiger charge is -2.18. The second-order valence-electron chi connectivity index (χ2n) is 1.93. The Balaban J connectivity index is 2.13. The molecule has 2 heteroatoms. The third-order valence-corrected chi connectivity index (χ3v) is 4.50. The van der Waals surface area contributed by atoms with Gasteiger partial charge in [-0.1, -0.05) is 6.92 Å². The first-order chi connectivity index (χ1) is 3.93. The predicted octanol–water partition coefficient (Wildman–Crippen LogP) is 2.59. The Hall–Kier alpha value is 0.700. The van der Waals surface area contributed by atoms with Gasteiger partial charge in [-0.3, -0.25) is 0 Å². The molecule has 1 fully saturated rings. The van der Waals surface area contributed by atoms with Crippen LogP contribution in [0.25, 0.3) is 0 Å². The molecule has 0 bridgehead atoms. The second-order valence-corrected chi connectivity index (χ2v) is 4.85. The SMILES string of the molecule is CCC1SCCCS1. The van der Waals surface area contributed by atoms with Crippen molar-refractivity contribution in [3.63, 3.8) is 0 Å². The van der Waals surface area contributed by atoms with Gasteiger partial charge in [0.25, 0.3) is 0 Å². The summed E-state index contributed by atoms with van der Waals surface area (Å²) in [5.74, 6) is 2.79. The number of rotatable bonds is 1. The molecule has 0 aromatic rings. The summed E-state index contributed by atoms with van der Waals surface area (Å²) >= 11 is 4.25. The minimum Gasteiger partial charge on any atom is -0.148 e. The van der Waals surface area contributed by atoms with Crippen LogP contribution in [0.1, 0.15) is 19.8 Å². The molecule has 1 saturated heterocycles. The fourth-order valence-electron chi connectivity index (χ4n) is 0.772. The third-order valence-electron chi connectivity index (χ3n) is 1.23. The van der Waals surface area contributed by atoms with Gasteiger partial charge in [-0.15, -0.1) is 23.5 Å². The standard InChI is InChI=1S/C6H12S2/c1-2-6-7-4-3-5-8-6/h6H,2-5H2,1H3. The first-order valence-electron chi connectivity index (χ1n) is 3.16. The summed E-state index contributed by atoms with van der Waals surface area (Å²) in [6.07, 6.45) is 2.77. The van der Waals surface area contributed by atoms with Crippen molar-refractivity contribution >= 4 is 23.5 Å². The van der Waals surface area contributed by atoms with Gasteiger partial charge >= 0.3 is 0 Å². The van der Waals surface area contributed by atoms with Crippen molar-refractivity contribution in [2.75, 3.05) is 11.5 Å². The fourth-order valence-corrected chi connectivity index (χ4v) is 3.54. The van der Waals surface area contributed by atoms with Crippen molar-refractivity contribution in [3.8, 4) is 0 Å². The van der Waals surface area contributed by atoms with Gasteiger partial charge in [0, 0.05) is 4.58 Å². The van der Waals surface area contributed by atoms with Crippen molar-refractivity contribution in [1.29, 1.82) is 0 Å². The van der Waals surface area contributed by atoms with E-state index >= 15 is 0 Å². The third kappa shape index (κ3) is 1.90. The summed E-state index contributed by atoms with van der Waals surface area (Å²) in [7, 11) is 0. The number of hydrogen-bond donors (Lipinski definition) is 0. The lowest BCUT2D eigenvalue weighted by molar-refractivity contribution is 1.01. The Morgan fingerprint density at radius 2 is 2.00 bits per heavy atom. The Kier molecular flexibility index (Phi) is 3.13. The maximum Gasteiger partial charge on any atom is 0.0499 e. The molecule has 0 saturated carbocycles. The van der Waals surface area contributed by atoms with Crippen LogP contribution >= 0.6 is 23.5 Å². The molecule has 0 aromatic carbocycles. The van der Waals surface area contributed by atoms with E-state index in [1.807, 2.05) is 0 Å². The van der Waals surface area contributed by atoms with Crippen LogP contribution in [0.4, 0.5) is 0 Å². The van der Waals surface area contributed by atoms with Crippen molar-refractivity contribution in [1.82, 2.24) is 0 Å². The Labute approximate surface area is 59.8 Å². The van der Waals surface area contributed by atoms with Crippen LogP contribution in [0, 0.1) is 0 Å². The van der Waals surface area contributed by atoms with Gasteiger partial charge in [0.15, 0.2) is 0 Å². The maximum atomic E-state index is 2.27. The van der Waals surface area contributed by atoms with Gasteiger partial charge in [0.05, 0.1) is 0 Å². The Morgan fingerprint density at radius 1 is 1.38 bits per heavy atom. The van der Waals surface area contributed by atoms with Crippen LogP contribution in [-0.4, -0.2) is 16.1 Å². The average Bonchev–Trinajstić information content (AvgIpc) is 1.90. The summed E-state index contributed by atoms with van der Waals surface area (Å²) in [4.78, 5) is 0. The zero-order chi connectivity index (χ0) is 5.82. The smallest absolute Gasteiger partial charge is 0.0499 e. The van der Waals surface area contributed by atoms with Crippen molar-refractivity contribution in [2.24, 2.45) is 0 Å². The molecule has 0 aliphatic carbocycles. The second kappa shape index (κ2) is 3.67. The Bertz CT molecular complexity index is 57.5. The molecule has 1 heterocycles. The summed E-state index contributed by atoms with van der Waals surface area (Å²) < 4.78 is 0.920. The largest absolute Gasteiger partial charge is 0.148 e. The monoisotopic (exact) mass is 148 g/mol. The molecule has 1 aliphatic heterocycles. The lowest BCUT2D eigenvalue weighted by Crippen LogP contribution is -2.04. The molecule has 0 aromatic heterocycles. The van der Waals surface area contributed by atoms with Gasteiger partial charge < -0.3 is 0 Å². The minimum absolute atomic E-state index is 0.920. The molecule has 0 radical (unpaired) electrons. The van der Waals surface area contributed by atoms with Gasteiger partial charge in [-0.05, 0) is 24.3 Å². The highest BCUT2D eigenvalue weighted by Gasteiger charge is 2.10. The van der Waals surface area contributed by atoms with Gasteiger partial charge in [0.1, 0.15) is 0 Å². The molecule has 0 atom stereocenters. The molecule has 0 amide bonds. The van der Waals surface area contributed by atoms with Crippen LogP contribution < -0.4 is 0 Å². The predicted molar refractivity (Wildman–Crippen MR) is 43.6 cm³/mol. The first kappa shape index (κ1) is 6.81. The molecular weight excluding hydrogens is 136 g/mol. The minimum atomic E-state index is 0.920. The molecule has 1 aliphatic rings. The molecule has 1 rings (SSSR count). The van der Waals surface area contributed by atoms with Crippen LogP contribution in [-0.2, 0) is 0 Å². The van der Waals surface area contributed by atoms with Crippen molar-refractivity contribution in [3.05, 3.63) is 0 Å². The summed E-state index contributed by atoms with van der Waals surface area (Å²) in [5, 5.41) is 0. The lowest BCUT2D eigenvalue weighted by atomic mass is 10.5. The first-order valence-corrected chi connectivity index (χ1v) is 5.26. The van der Waals surface area contributed by atoms with E-state index < -0.39 is 0 Å². The molecule has 0 spiro atoms. The molecule has 8 heavy (non-hydrogen) atoms. The highest BCUT2D eigenvalue weighted by atomic mass is 32.2. The van der Waals surface area contributed by atoms with E-state index in [-0.39, 0.29) is 0 Å². The van der Waals surface area contributed by atoms with Crippen LogP contribution in [0.3, 0.4) is 0 Å². The molecule has 0 nitrogen and oxygen atoms in total. The zero-order valence-electron chi connectivity index (χ0n) is 5.22. The zero-order valence-corrected chi connectivity index (χ0v) is 6.86. The highest BCUT2D eigenvalue weighted by molar-refractivity contribution is 8.17. The van der Waals surface area contributed by atoms with Gasteiger partial charge in [-0.2, -0.15) is 0 Å². The van der Waals surface area contributed by atoms with E-state index in [0.717, 1.165) is 4.58 Å². The van der Waals surface area contributed by atoms with Crippen LogP contribution in [0.2, 0.25) is 0 Å². The number of hydrogen-bond acceptors (Lipinski definition) is 2. The summed E-state index contributed by atoms with van der Waals surface area (Å²) in [5.41, 5.74) is 0. The van der Waals surface area contributed by atoms with Gasteiger partial charge in [0.2, 0.25) is 0 Å². The van der Waals surface area contributed by atoms with E-state index in [9.17, 15) is 0 Å². The molecule has 0 N–H and O–H groups in total. The quantitative estimate of drug-likeness (QED) is 0.560. The van der Waals surface area contributed by atoms with E-state index in [1.165, 1.54) is 24.3 Å².